The Morgan fingerprint density at radius 2 is 2.05 bits per heavy atom. The minimum absolute atomic E-state index is 0.000758. The van der Waals surface area contributed by atoms with Gasteiger partial charge in [0.05, 0.1) is 11.5 Å². The molecule has 0 aromatic heterocycles. The van der Waals surface area contributed by atoms with Gasteiger partial charge in [-0.25, -0.2) is 13.2 Å². The van der Waals surface area contributed by atoms with Gasteiger partial charge in [0.2, 0.25) is 0 Å². The van der Waals surface area contributed by atoms with Crippen molar-refractivity contribution in [2.45, 2.75) is 58.2 Å². The smallest absolute Gasteiger partial charge is 0.407 e. The van der Waals surface area contributed by atoms with Crippen molar-refractivity contribution in [1.82, 2.24) is 10.6 Å². The van der Waals surface area contributed by atoms with Crippen molar-refractivity contribution in [2.75, 3.05) is 18.1 Å². The Balaban J connectivity index is 2.30. The average Bonchev–Trinajstić information content (AvgIpc) is 2.22. The van der Waals surface area contributed by atoms with Crippen LogP contribution in [0.1, 0.15) is 40.5 Å². The van der Waals surface area contributed by atoms with Crippen molar-refractivity contribution in [1.29, 1.82) is 0 Å². The third-order valence-corrected chi connectivity index (χ3v) is 4.76. The van der Waals surface area contributed by atoms with Gasteiger partial charge in [0.1, 0.15) is 5.60 Å². The predicted molar refractivity (Wildman–Crippen MR) is 78.5 cm³/mol. The summed E-state index contributed by atoms with van der Waals surface area (Å²) < 4.78 is 28.2. The fourth-order valence-electron chi connectivity index (χ4n) is 2.17. The van der Waals surface area contributed by atoms with Gasteiger partial charge >= 0.3 is 6.09 Å². The van der Waals surface area contributed by atoms with E-state index in [1.165, 1.54) is 0 Å². The first-order chi connectivity index (χ1) is 9.07. The molecule has 0 radical (unpaired) electrons. The lowest BCUT2D eigenvalue weighted by Crippen LogP contribution is -2.48. The number of carbonyl (C=O) groups is 1. The number of rotatable bonds is 4. The predicted octanol–water partition coefficient (Wildman–Crippen LogP) is 1.07. The number of amides is 1. The summed E-state index contributed by atoms with van der Waals surface area (Å²) in [6, 6.07) is -0.0231. The summed E-state index contributed by atoms with van der Waals surface area (Å²) in [6.45, 7) is 7.74. The van der Waals surface area contributed by atoms with E-state index in [-0.39, 0.29) is 23.6 Å². The molecule has 20 heavy (non-hydrogen) atoms. The number of ether oxygens (including phenoxy) is 1. The number of hydrogen-bond donors (Lipinski definition) is 2. The summed E-state index contributed by atoms with van der Waals surface area (Å²) in [5.74, 6) is 0.472. The summed E-state index contributed by atoms with van der Waals surface area (Å²) in [6.07, 6.45) is 1.10. The van der Waals surface area contributed by atoms with Gasteiger partial charge in [-0.1, -0.05) is 0 Å². The van der Waals surface area contributed by atoms with Gasteiger partial charge < -0.3 is 15.4 Å². The molecule has 2 unspecified atom stereocenters. The first kappa shape index (κ1) is 17.2. The van der Waals surface area contributed by atoms with Crippen LogP contribution in [0, 0.1) is 0 Å². The Labute approximate surface area is 121 Å². The Bertz CT molecular complexity index is 428. The van der Waals surface area contributed by atoms with Crippen molar-refractivity contribution < 1.29 is 17.9 Å². The molecule has 2 N–H and O–H groups in total. The molecule has 1 aliphatic heterocycles. The molecule has 1 amide bonds. The van der Waals surface area contributed by atoms with E-state index in [4.69, 9.17) is 4.74 Å². The summed E-state index contributed by atoms with van der Waals surface area (Å²) in [4.78, 5) is 11.5. The van der Waals surface area contributed by atoms with Crippen LogP contribution in [0.25, 0.3) is 0 Å². The van der Waals surface area contributed by atoms with Gasteiger partial charge in [-0.15, -0.1) is 0 Å². The Kier molecular flexibility index (Phi) is 5.82. The molecular formula is C13H26N2O4S. The zero-order chi connectivity index (χ0) is 15.4. The van der Waals surface area contributed by atoms with Crippen molar-refractivity contribution in [3.63, 3.8) is 0 Å². The summed E-state index contributed by atoms with van der Waals surface area (Å²) >= 11 is 0. The van der Waals surface area contributed by atoms with Crippen LogP contribution in [0.2, 0.25) is 0 Å². The molecule has 118 valence electrons. The van der Waals surface area contributed by atoms with Crippen molar-refractivity contribution in [2.24, 2.45) is 0 Å². The molecule has 1 aliphatic rings. The van der Waals surface area contributed by atoms with Gasteiger partial charge in [0.25, 0.3) is 0 Å². The molecule has 0 aromatic carbocycles. The van der Waals surface area contributed by atoms with Crippen LogP contribution in [0.5, 0.6) is 0 Å². The number of sulfone groups is 1. The second kappa shape index (κ2) is 6.76. The molecular weight excluding hydrogens is 280 g/mol. The van der Waals surface area contributed by atoms with E-state index in [9.17, 15) is 13.2 Å². The van der Waals surface area contributed by atoms with Gasteiger partial charge in [-0.3, -0.25) is 0 Å². The van der Waals surface area contributed by atoms with Gasteiger partial charge in [-0.2, -0.15) is 0 Å². The van der Waals surface area contributed by atoms with E-state index < -0.39 is 21.5 Å². The summed E-state index contributed by atoms with van der Waals surface area (Å²) in [5.41, 5.74) is -0.516. The second-order valence-electron chi connectivity index (χ2n) is 6.40. The van der Waals surface area contributed by atoms with E-state index in [0.29, 0.717) is 13.0 Å². The van der Waals surface area contributed by atoms with Crippen molar-refractivity contribution >= 4 is 15.9 Å². The maximum absolute atomic E-state index is 11.5. The van der Waals surface area contributed by atoms with Crippen LogP contribution in [-0.2, 0) is 14.6 Å². The fourth-order valence-corrected chi connectivity index (χ4v) is 3.82. The van der Waals surface area contributed by atoms with Gasteiger partial charge in [0.15, 0.2) is 9.84 Å². The highest BCUT2D eigenvalue weighted by Crippen LogP contribution is 2.12. The van der Waals surface area contributed by atoms with Gasteiger partial charge in [-0.05, 0) is 40.5 Å². The van der Waals surface area contributed by atoms with Crippen LogP contribution >= 0.6 is 0 Å². The van der Waals surface area contributed by atoms with Crippen LogP contribution in [-0.4, -0.2) is 50.2 Å². The van der Waals surface area contributed by atoms with Crippen LogP contribution in [0.3, 0.4) is 0 Å². The molecule has 1 heterocycles. The lowest BCUT2D eigenvalue weighted by atomic mass is 10.1. The second-order valence-corrected chi connectivity index (χ2v) is 8.63. The van der Waals surface area contributed by atoms with E-state index in [2.05, 4.69) is 10.6 Å². The van der Waals surface area contributed by atoms with E-state index in [1.54, 1.807) is 20.8 Å². The monoisotopic (exact) mass is 306 g/mol. The molecule has 7 heteroatoms. The summed E-state index contributed by atoms with van der Waals surface area (Å²) in [5, 5.41) is 5.92. The molecule has 1 saturated heterocycles. The van der Waals surface area contributed by atoms with Crippen molar-refractivity contribution in [3.8, 4) is 0 Å². The van der Waals surface area contributed by atoms with Crippen LogP contribution in [0.4, 0.5) is 4.79 Å². The van der Waals surface area contributed by atoms with E-state index in [0.717, 1.165) is 6.42 Å². The molecule has 0 bridgehead atoms. The molecule has 0 spiro atoms. The maximum Gasteiger partial charge on any atom is 0.407 e. The highest BCUT2D eigenvalue weighted by atomic mass is 32.2. The number of alkyl carbamates (subject to hydrolysis) is 1. The fraction of sp³-hybridized carbons (Fsp3) is 0.923. The van der Waals surface area contributed by atoms with E-state index >= 15 is 0 Å². The maximum atomic E-state index is 11.5. The Morgan fingerprint density at radius 3 is 2.60 bits per heavy atom. The molecule has 0 saturated carbocycles. The Morgan fingerprint density at radius 1 is 1.40 bits per heavy atom. The minimum Gasteiger partial charge on any atom is -0.444 e. The zero-order valence-electron chi connectivity index (χ0n) is 12.7. The third kappa shape index (κ3) is 7.09. The standard InChI is InChI=1S/C13H26N2O4S/c1-10(8-14-12(16)19-13(2,3)4)15-11-6-5-7-20(17,18)9-11/h10-11,15H,5-9H2,1-4H3,(H,14,16). The number of carbonyl (C=O) groups excluding carboxylic acids is 1. The van der Waals surface area contributed by atoms with Crippen LogP contribution < -0.4 is 10.6 Å². The molecule has 0 aliphatic carbocycles. The first-order valence-corrected chi connectivity index (χ1v) is 8.83. The molecule has 6 nitrogen and oxygen atoms in total. The lowest BCUT2D eigenvalue weighted by molar-refractivity contribution is 0.0522. The van der Waals surface area contributed by atoms with E-state index in [1.807, 2.05) is 6.92 Å². The highest BCUT2D eigenvalue weighted by Gasteiger charge is 2.25. The molecule has 2 atom stereocenters. The van der Waals surface area contributed by atoms with Crippen molar-refractivity contribution in [3.05, 3.63) is 0 Å². The first-order valence-electron chi connectivity index (χ1n) is 7.01. The Hall–Kier alpha value is -0.820. The third-order valence-electron chi connectivity index (χ3n) is 2.93. The topological polar surface area (TPSA) is 84.5 Å². The van der Waals surface area contributed by atoms with Crippen LogP contribution in [0.15, 0.2) is 0 Å². The quantitative estimate of drug-likeness (QED) is 0.811. The molecule has 1 rings (SSSR count). The lowest BCUT2D eigenvalue weighted by Gasteiger charge is -2.27. The number of nitrogens with one attached hydrogen (secondary N) is 2. The average molecular weight is 306 g/mol. The van der Waals surface area contributed by atoms with Gasteiger partial charge in [0, 0.05) is 18.6 Å². The SMILES string of the molecule is CC(CNC(=O)OC(C)(C)C)NC1CCCS(=O)(=O)C1. The normalized spacial score (nSPS) is 23.9. The minimum atomic E-state index is -2.91. The highest BCUT2D eigenvalue weighted by molar-refractivity contribution is 7.91. The summed E-state index contributed by atoms with van der Waals surface area (Å²) in [7, 11) is -2.91. The number of hydrogen-bond acceptors (Lipinski definition) is 5. The molecule has 1 fully saturated rings. The zero-order valence-corrected chi connectivity index (χ0v) is 13.5. The molecule has 0 aromatic rings. The largest absolute Gasteiger partial charge is 0.444 e.